The fourth-order valence-corrected chi connectivity index (χ4v) is 2.63. The molecule has 140 valence electrons. The van der Waals surface area contributed by atoms with Gasteiger partial charge in [-0.15, -0.1) is 0 Å². The maximum atomic E-state index is 12.4. The highest BCUT2D eigenvalue weighted by molar-refractivity contribution is 6.04. The number of rotatable bonds is 9. The molecule has 0 saturated carbocycles. The summed E-state index contributed by atoms with van der Waals surface area (Å²) in [4.78, 5) is 12.4. The van der Waals surface area contributed by atoms with Crippen molar-refractivity contribution in [2.45, 2.75) is 32.6 Å². The van der Waals surface area contributed by atoms with E-state index in [1.165, 1.54) is 0 Å². The zero-order chi connectivity index (χ0) is 19.3. The normalized spacial score (nSPS) is 10.7. The largest absolute Gasteiger partial charge is 0.497 e. The Morgan fingerprint density at radius 3 is 2.67 bits per heavy atom. The molecule has 0 atom stereocenters. The van der Waals surface area contributed by atoms with Crippen LogP contribution in [0.15, 0.2) is 66.4 Å². The maximum Gasteiger partial charge on any atom is 0.187 e. The van der Waals surface area contributed by atoms with E-state index in [0.717, 1.165) is 42.7 Å². The number of hydrogen-bond acceptors (Lipinski definition) is 3. The topological polar surface area (TPSA) is 38.3 Å². The average molecular weight is 361 g/mol. The van der Waals surface area contributed by atoms with Gasteiger partial charge in [0.05, 0.1) is 13.7 Å². The minimum atomic E-state index is 0.0235. The number of benzene rings is 2. The number of ketones is 1. The van der Waals surface area contributed by atoms with Gasteiger partial charge >= 0.3 is 0 Å². The lowest BCUT2D eigenvalue weighted by molar-refractivity contribution is 0.104. The lowest BCUT2D eigenvalue weighted by Gasteiger charge is -2.08. The highest BCUT2D eigenvalue weighted by Gasteiger charge is 2.04. The first-order valence-corrected chi connectivity index (χ1v) is 9.39. The van der Waals surface area contributed by atoms with Crippen LogP contribution in [0, 0.1) is 11.8 Å². The van der Waals surface area contributed by atoms with E-state index in [1.54, 1.807) is 13.2 Å². The quantitative estimate of drug-likeness (QED) is 0.296. The molecule has 1 N–H and O–H groups in total. The van der Waals surface area contributed by atoms with Gasteiger partial charge in [0.25, 0.3) is 0 Å². The van der Waals surface area contributed by atoms with Crippen LogP contribution in [0.2, 0.25) is 0 Å². The van der Waals surface area contributed by atoms with E-state index < -0.39 is 0 Å². The van der Waals surface area contributed by atoms with Crippen molar-refractivity contribution < 1.29 is 9.53 Å². The van der Waals surface area contributed by atoms with Crippen LogP contribution >= 0.6 is 0 Å². The van der Waals surface area contributed by atoms with E-state index in [-0.39, 0.29) is 5.78 Å². The first-order valence-electron chi connectivity index (χ1n) is 9.39. The molecule has 3 heteroatoms. The molecule has 0 spiro atoms. The summed E-state index contributed by atoms with van der Waals surface area (Å²) >= 11 is 0. The molecule has 2 aromatic carbocycles. The van der Waals surface area contributed by atoms with E-state index in [9.17, 15) is 4.79 Å². The third kappa shape index (κ3) is 7.42. The molecule has 0 heterocycles. The van der Waals surface area contributed by atoms with Crippen molar-refractivity contribution in [1.29, 1.82) is 0 Å². The van der Waals surface area contributed by atoms with Gasteiger partial charge in [-0.2, -0.15) is 0 Å². The van der Waals surface area contributed by atoms with Gasteiger partial charge in [0.15, 0.2) is 5.78 Å². The van der Waals surface area contributed by atoms with Crippen LogP contribution in [0.4, 0.5) is 0 Å². The molecule has 0 fully saturated rings. The minimum Gasteiger partial charge on any atom is -0.497 e. The first-order chi connectivity index (χ1) is 13.2. The molecule has 2 aromatic rings. The fraction of sp³-hybridized carbons (Fsp3) is 0.292. The summed E-state index contributed by atoms with van der Waals surface area (Å²) < 4.78 is 5.21. The average Bonchev–Trinajstić information content (AvgIpc) is 2.72. The molecule has 0 amide bonds. The molecular weight excluding hydrogens is 334 g/mol. The van der Waals surface area contributed by atoms with Crippen LogP contribution in [-0.4, -0.2) is 19.4 Å². The Labute approximate surface area is 162 Å². The van der Waals surface area contributed by atoms with E-state index in [2.05, 4.69) is 24.1 Å². The van der Waals surface area contributed by atoms with E-state index in [0.29, 0.717) is 12.1 Å². The van der Waals surface area contributed by atoms with Crippen LogP contribution in [-0.2, 0) is 0 Å². The Balaban J connectivity index is 2.01. The van der Waals surface area contributed by atoms with Crippen molar-refractivity contribution in [1.82, 2.24) is 5.32 Å². The second-order valence-corrected chi connectivity index (χ2v) is 6.24. The third-order valence-corrected chi connectivity index (χ3v) is 4.12. The number of carbonyl (C=O) groups excluding carboxylic acids is 1. The molecule has 0 aliphatic carbocycles. The van der Waals surface area contributed by atoms with Crippen LogP contribution in [0.5, 0.6) is 5.75 Å². The summed E-state index contributed by atoms with van der Waals surface area (Å²) in [5, 5.41) is 3.31. The second-order valence-electron chi connectivity index (χ2n) is 6.24. The zero-order valence-electron chi connectivity index (χ0n) is 16.1. The van der Waals surface area contributed by atoms with Gasteiger partial charge in [0, 0.05) is 22.9 Å². The van der Waals surface area contributed by atoms with Crippen LogP contribution in [0.1, 0.15) is 48.5 Å². The zero-order valence-corrected chi connectivity index (χ0v) is 16.1. The summed E-state index contributed by atoms with van der Waals surface area (Å²) in [6.45, 7) is 2.67. The first kappa shape index (κ1) is 20.3. The van der Waals surface area contributed by atoms with Gasteiger partial charge in [-0.25, -0.2) is 0 Å². The number of hydrogen-bond donors (Lipinski definition) is 1. The SMILES string of the molecule is CCCCC/C(=C/C(=O)c1ccccc1)NCC#Cc1cccc(OC)c1. The van der Waals surface area contributed by atoms with Crippen molar-refractivity contribution in [3.05, 3.63) is 77.5 Å². The number of nitrogens with one attached hydrogen (secondary N) is 1. The van der Waals surface area contributed by atoms with Gasteiger partial charge in [-0.05, 0) is 31.0 Å². The molecule has 0 aromatic heterocycles. The van der Waals surface area contributed by atoms with Crippen molar-refractivity contribution in [2.24, 2.45) is 0 Å². The molecule has 27 heavy (non-hydrogen) atoms. The van der Waals surface area contributed by atoms with Crippen molar-refractivity contribution >= 4 is 5.78 Å². The molecule has 0 saturated heterocycles. The van der Waals surface area contributed by atoms with E-state index >= 15 is 0 Å². The Kier molecular flexibility index (Phi) is 8.73. The summed E-state index contributed by atoms with van der Waals surface area (Å²) in [5.74, 6) is 7.06. The molecule has 0 unspecified atom stereocenters. The maximum absolute atomic E-state index is 12.4. The Morgan fingerprint density at radius 2 is 1.93 bits per heavy atom. The third-order valence-electron chi connectivity index (χ3n) is 4.12. The Bertz CT molecular complexity index is 813. The predicted molar refractivity (Wildman–Crippen MR) is 111 cm³/mol. The van der Waals surface area contributed by atoms with Gasteiger partial charge < -0.3 is 10.1 Å². The van der Waals surface area contributed by atoms with Gasteiger partial charge in [-0.3, -0.25) is 4.79 Å². The van der Waals surface area contributed by atoms with Gasteiger partial charge in [0.1, 0.15) is 5.75 Å². The van der Waals surface area contributed by atoms with Gasteiger partial charge in [0.2, 0.25) is 0 Å². The molecule has 0 aliphatic rings. The highest BCUT2D eigenvalue weighted by atomic mass is 16.5. The second kappa shape index (κ2) is 11.6. The predicted octanol–water partition coefficient (Wildman–Crippen LogP) is 4.98. The van der Waals surface area contributed by atoms with Crippen molar-refractivity contribution in [3.8, 4) is 17.6 Å². The minimum absolute atomic E-state index is 0.0235. The molecule has 0 radical (unpaired) electrons. The summed E-state index contributed by atoms with van der Waals surface area (Å²) in [7, 11) is 1.64. The molecular formula is C24H27NO2. The monoisotopic (exact) mass is 361 g/mol. The van der Waals surface area contributed by atoms with Crippen molar-refractivity contribution in [3.63, 3.8) is 0 Å². The lowest BCUT2D eigenvalue weighted by Crippen LogP contribution is -2.15. The molecule has 0 aliphatic heterocycles. The van der Waals surface area contributed by atoms with Crippen LogP contribution in [0.25, 0.3) is 0 Å². The number of allylic oxidation sites excluding steroid dienone is 2. The smallest absolute Gasteiger partial charge is 0.187 e. The van der Waals surface area contributed by atoms with E-state index in [1.807, 2.05) is 54.6 Å². The summed E-state index contributed by atoms with van der Waals surface area (Å²) in [5.41, 5.74) is 2.56. The number of ether oxygens (including phenoxy) is 1. The fourth-order valence-electron chi connectivity index (χ4n) is 2.63. The van der Waals surface area contributed by atoms with Gasteiger partial charge in [-0.1, -0.05) is 68.0 Å². The van der Waals surface area contributed by atoms with E-state index in [4.69, 9.17) is 4.74 Å². The number of carbonyl (C=O) groups is 1. The Hall–Kier alpha value is -2.99. The standard InChI is InChI=1S/C24H27NO2/c1-3-4-6-15-22(19-24(26)21-13-7-5-8-14-21)25-17-10-12-20-11-9-16-23(18-20)27-2/h5,7-9,11,13-14,16,18-19,25H,3-4,6,15,17H2,1-2H3/b22-19-. The molecule has 0 bridgehead atoms. The molecule has 2 rings (SSSR count). The Morgan fingerprint density at radius 1 is 1.11 bits per heavy atom. The highest BCUT2D eigenvalue weighted by Crippen LogP contribution is 2.11. The van der Waals surface area contributed by atoms with Crippen LogP contribution in [0.3, 0.4) is 0 Å². The number of methoxy groups -OCH3 is 1. The van der Waals surface area contributed by atoms with Crippen molar-refractivity contribution in [2.75, 3.05) is 13.7 Å². The summed E-state index contributed by atoms with van der Waals surface area (Å²) in [6.07, 6.45) is 5.91. The van der Waals surface area contributed by atoms with Crippen LogP contribution < -0.4 is 10.1 Å². The molecule has 3 nitrogen and oxygen atoms in total. The lowest BCUT2D eigenvalue weighted by atomic mass is 10.1. The number of unbranched alkanes of at least 4 members (excludes halogenated alkanes) is 2. The summed E-state index contributed by atoms with van der Waals surface area (Å²) in [6, 6.07) is 17.0.